The van der Waals surface area contributed by atoms with Crippen LogP contribution in [-0.2, 0) is 6.18 Å². The zero-order valence-electron chi connectivity index (χ0n) is 8.72. The fourth-order valence-corrected chi connectivity index (χ4v) is 1.58. The molecule has 0 spiro atoms. The maximum atomic E-state index is 12.5. The molecule has 1 N–H and O–H groups in total. The lowest BCUT2D eigenvalue weighted by Gasteiger charge is -2.26. The third-order valence-corrected chi connectivity index (χ3v) is 2.62. The van der Waals surface area contributed by atoms with E-state index in [4.69, 9.17) is 16.3 Å². The van der Waals surface area contributed by atoms with E-state index >= 15 is 0 Å². The van der Waals surface area contributed by atoms with E-state index in [1.54, 1.807) is 0 Å². The number of hydrogen-bond acceptors (Lipinski definition) is 3. The highest BCUT2D eigenvalue weighted by atomic mass is 35.5. The van der Waals surface area contributed by atoms with Gasteiger partial charge >= 0.3 is 6.18 Å². The summed E-state index contributed by atoms with van der Waals surface area (Å²) in [5, 5.41) is 2.82. The normalized spacial score (nSPS) is 16.7. The van der Waals surface area contributed by atoms with Crippen LogP contribution in [0.15, 0.2) is 12.1 Å². The van der Waals surface area contributed by atoms with Gasteiger partial charge in [0.25, 0.3) is 0 Å². The molecule has 1 aromatic rings. The van der Waals surface area contributed by atoms with Gasteiger partial charge in [-0.15, -0.1) is 0 Å². The van der Waals surface area contributed by atoms with E-state index in [9.17, 15) is 13.2 Å². The van der Waals surface area contributed by atoms with Gasteiger partial charge in [-0.25, -0.2) is 4.98 Å². The highest BCUT2D eigenvalue weighted by Gasteiger charge is 2.32. The van der Waals surface area contributed by atoms with Crippen LogP contribution in [0.25, 0.3) is 0 Å². The van der Waals surface area contributed by atoms with Crippen LogP contribution in [0.1, 0.15) is 5.56 Å². The quantitative estimate of drug-likeness (QED) is 0.853. The average Bonchev–Trinajstić information content (AvgIpc) is 2.13. The number of alkyl halides is 3. The molecule has 0 bridgehead atoms. The van der Waals surface area contributed by atoms with Crippen LogP contribution in [0.4, 0.5) is 13.2 Å². The highest BCUT2D eigenvalue weighted by Crippen LogP contribution is 2.32. The fourth-order valence-electron chi connectivity index (χ4n) is 1.38. The molecule has 0 aromatic carbocycles. The molecule has 0 aliphatic carbocycles. The van der Waals surface area contributed by atoms with Crippen molar-refractivity contribution in [2.45, 2.75) is 6.18 Å². The van der Waals surface area contributed by atoms with E-state index in [1.807, 2.05) is 0 Å². The number of rotatable bonds is 3. The zero-order valence-corrected chi connectivity index (χ0v) is 9.48. The Kier molecular flexibility index (Phi) is 3.44. The monoisotopic (exact) mass is 266 g/mol. The summed E-state index contributed by atoms with van der Waals surface area (Å²) in [4.78, 5) is 3.70. The molecular weight excluding hydrogens is 257 g/mol. The minimum Gasteiger partial charge on any atom is -0.477 e. The second kappa shape index (κ2) is 4.70. The molecule has 0 saturated carbocycles. The van der Waals surface area contributed by atoms with E-state index in [0.29, 0.717) is 12.5 Å². The summed E-state index contributed by atoms with van der Waals surface area (Å²) in [5.74, 6) is 0.238. The first kappa shape index (κ1) is 12.4. The van der Waals surface area contributed by atoms with Crippen molar-refractivity contribution in [3.05, 3.63) is 22.8 Å². The zero-order chi connectivity index (χ0) is 12.5. The summed E-state index contributed by atoms with van der Waals surface area (Å²) in [6.07, 6.45) is -4.44. The highest BCUT2D eigenvalue weighted by molar-refractivity contribution is 6.29. The summed E-state index contributed by atoms with van der Waals surface area (Å²) >= 11 is 5.52. The summed E-state index contributed by atoms with van der Waals surface area (Å²) in [6, 6.07) is 1.64. The number of halogens is 4. The van der Waals surface area contributed by atoms with Gasteiger partial charge in [-0.3, -0.25) is 0 Å². The van der Waals surface area contributed by atoms with Crippen molar-refractivity contribution in [3.63, 3.8) is 0 Å². The Morgan fingerprint density at radius 3 is 2.65 bits per heavy atom. The molecule has 1 fully saturated rings. The Bertz CT molecular complexity index is 407. The maximum Gasteiger partial charge on any atom is 0.416 e. The molecule has 94 valence electrons. The Morgan fingerprint density at radius 2 is 2.12 bits per heavy atom. The van der Waals surface area contributed by atoms with Gasteiger partial charge in [0.1, 0.15) is 5.15 Å². The van der Waals surface area contributed by atoms with Crippen molar-refractivity contribution in [1.82, 2.24) is 10.3 Å². The Morgan fingerprint density at radius 1 is 1.41 bits per heavy atom. The van der Waals surface area contributed by atoms with Crippen molar-refractivity contribution >= 4 is 11.6 Å². The minimum atomic E-state index is -4.44. The Hall–Kier alpha value is -1.01. The molecular formula is C10H10ClF3N2O. The van der Waals surface area contributed by atoms with Gasteiger partial charge in [0.15, 0.2) is 0 Å². The molecule has 1 aliphatic rings. The third-order valence-electron chi connectivity index (χ3n) is 2.43. The van der Waals surface area contributed by atoms with Crippen LogP contribution in [0.3, 0.4) is 0 Å². The third kappa shape index (κ3) is 3.23. The number of nitrogens with zero attached hydrogens (tertiary/aromatic N) is 1. The van der Waals surface area contributed by atoms with Crippen molar-refractivity contribution < 1.29 is 17.9 Å². The van der Waals surface area contributed by atoms with E-state index in [-0.39, 0.29) is 11.0 Å². The molecule has 2 rings (SSSR count). The van der Waals surface area contributed by atoms with Gasteiger partial charge < -0.3 is 10.1 Å². The van der Waals surface area contributed by atoms with Crippen LogP contribution in [0, 0.1) is 5.92 Å². The molecule has 7 heteroatoms. The summed E-state index contributed by atoms with van der Waals surface area (Å²) < 4.78 is 42.6. The molecule has 17 heavy (non-hydrogen) atoms. The average molecular weight is 267 g/mol. The smallest absolute Gasteiger partial charge is 0.416 e. The Balaban J connectivity index is 2.08. The molecule has 1 saturated heterocycles. The lowest BCUT2D eigenvalue weighted by molar-refractivity contribution is -0.137. The molecule has 0 unspecified atom stereocenters. The van der Waals surface area contributed by atoms with E-state index < -0.39 is 11.7 Å². The van der Waals surface area contributed by atoms with Gasteiger partial charge in [-0.05, 0) is 6.07 Å². The van der Waals surface area contributed by atoms with Gasteiger partial charge in [0.05, 0.1) is 12.2 Å². The second-order valence-electron chi connectivity index (χ2n) is 3.85. The number of aromatic nitrogens is 1. The van der Waals surface area contributed by atoms with Gasteiger partial charge in [0, 0.05) is 25.1 Å². The molecule has 0 amide bonds. The molecule has 1 aromatic heterocycles. The van der Waals surface area contributed by atoms with Crippen molar-refractivity contribution in [3.8, 4) is 5.88 Å². The lowest BCUT2D eigenvalue weighted by Crippen LogP contribution is -2.45. The van der Waals surface area contributed by atoms with Gasteiger partial charge in [-0.1, -0.05) is 11.6 Å². The fraction of sp³-hybridized carbons (Fsp3) is 0.500. The van der Waals surface area contributed by atoms with E-state index in [1.165, 1.54) is 0 Å². The molecule has 2 heterocycles. The predicted molar refractivity (Wildman–Crippen MR) is 56.1 cm³/mol. The SMILES string of the molecule is FC(F)(F)c1cc(Cl)nc(OCC2CNC2)c1. The van der Waals surface area contributed by atoms with Crippen LogP contribution >= 0.6 is 11.6 Å². The molecule has 0 atom stereocenters. The first-order valence-corrected chi connectivity index (χ1v) is 5.41. The van der Waals surface area contributed by atoms with Crippen LogP contribution < -0.4 is 10.1 Å². The minimum absolute atomic E-state index is 0.0864. The van der Waals surface area contributed by atoms with E-state index in [2.05, 4.69) is 10.3 Å². The van der Waals surface area contributed by atoms with Gasteiger partial charge in [0.2, 0.25) is 5.88 Å². The first-order chi connectivity index (χ1) is 7.95. The van der Waals surface area contributed by atoms with Crippen LogP contribution in [-0.4, -0.2) is 24.7 Å². The standard InChI is InChI=1S/C10H10ClF3N2O/c11-8-1-7(10(12,13)14)2-9(16-8)17-5-6-3-15-4-6/h1-2,6,15H,3-5H2. The van der Waals surface area contributed by atoms with Crippen LogP contribution in [0.2, 0.25) is 5.15 Å². The van der Waals surface area contributed by atoms with Crippen molar-refractivity contribution in [1.29, 1.82) is 0 Å². The Labute approximate surface area is 101 Å². The number of hydrogen-bond donors (Lipinski definition) is 1. The number of ether oxygens (including phenoxy) is 1. The predicted octanol–water partition coefficient (Wildman–Crippen LogP) is 2.35. The second-order valence-corrected chi connectivity index (χ2v) is 4.24. The lowest BCUT2D eigenvalue weighted by atomic mass is 10.1. The van der Waals surface area contributed by atoms with Crippen LogP contribution in [0.5, 0.6) is 5.88 Å². The molecule has 1 aliphatic heterocycles. The number of pyridine rings is 1. The first-order valence-electron chi connectivity index (χ1n) is 5.03. The van der Waals surface area contributed by atoms with Crippen molar-refractivity contribution in [2.24, 2.45) is 5.92 Å². The summed E-state index contributed by atoms with van der Waals surface area (Å²) in [6.45, 7) is 1.97. The molecule has 3 nitrogen and oxygen atoms in total. The number of nitrogens with one attached hydrogen (secondary N) is 1. The summed E-state index contributed by atoms with van der Waals surface area (Å²) in [5.41, 5.74) is -0.848. The van der Waals surface area contributed by atoms with Gasteiger partial charge in [-0.2, -0.15) is 13.2 Å². The largest absolute Gasteiger partial charge is 0.477 e. The van der Waals surface area contributed by atoms with E-state index in [0.717, 1.165) is 25.2 Å². The topological polar surface area (TPSA) is 34.1 Å². The summed E-state index contributed by atoms with van der Waals surface area (Å²) in [7, 11) is 0. The maximum absolute atomic E-state index is 12.5. The van der Waals surface area contributed by atoms with Crippen molar-refractivity contribution in [2.75, 3.05) is 19.7 Å². The molecule has 0 radical (unpaired) electrons.